The van der Waals surface area contributed by atoms with Gasteiger partial charge in [-0.05, 0) is 36.8 Å². The SMILES string of the molecule is COCc1nc2ccccc2c(C)c1C(=O)OCC(=O)Nc1cc(C(F)(F)F)ccc1-n1cncn1. The Morgan fingerprint density at radius 2 is 1.92 bits per heavy atom. The lowest BCUT2D eigenvalue weighted by molar-refractivity contribution is -0.137. The first-order valence-electron chi connectivity index (χ1n) is 10.6. The molecule has 0 saturated heterocycles. The number of amides is 1. The summed E-state index contributed by atoms with van der Waals surface area (Å²) in [5, 5.41) is 6.98. The fraction of sp³-hybridized carbons (Fsp3) is 0.208. The van der Waals surface area contributed by atoms with Crippen molar-refractivity contribution in [2.24, 2.45) is 0 Å². The van der Waals surface area contributed by atoms with Crippen LogP contribution in [0.3, 0.4) is 0 Å². The number of halogens is 3. The quantitative estimate of drug-likeness (QED) is 0.382. The van der Waals surface area contributed by atoms with Crippen LogP contribution in [0.2, 0.25) is 0 Å². The van der Waals surface area contributed by atoms with Crippen molar-refractivity contribution in [2.75, 3.05) is 19.0 Å². The molecule has 1 N–H and O–H groups in total. The van der Waals surface area contributed by atoms with Crippen LogP contribution < -0.4 is 5.32 Å². The predicted molar refractivity (Wildman–Crippen MR) is 122 cm³/mol. The maximum Gasteiger partial charge on any atom is 0.416 e. The molecule has 0 atom stereocenters. The number of para-hydroxylation sites is 1. The summed E-state index contributed by atoms with van der Waals surface area (Å²) >= 11 is 0. The van der Waals surface area contributed by atoms with Gasteiger partial charge in [0.1, 0.15) is 12.7 Å². The highest BCUT2D eigenvalue weighted by Gasteiger charge is 2.31. The second kappa shape index (κ2) is 10.1. The van der Waals surface area contributed by atoms with Crippen LogP contribution in [0.15, 0.2) is 55.1 Å². The molecule has 2 aromatic carbocycles. The highest BCUT2D eigenvalue weighted by molar-refractivity contribution is 6.00. The number of pyridine rings is 1. The number of hydrogen-bond acceptors (Lipinski definition) is 7. The average molecular weight is 499 g/mol. The van der Waals surface area contributed by atoms with E-state index >= 15 is 0 Å². The standard InChI is InChI=1S/C24H20F3N5O4/c1-14-16-5-3-4-6-17(16)30-19(10-35-2)22(14)23(34)36-11-21(33)31-18-9-15(24(25,26)27)7-8-20(18)32-13-28-12-29-32/h3-9,12-13H,10-11H2,1-2H3,(H,31,33). The van der Waals surface area contributed by atoms with Crippen molar-refractivity contribution >= 4 is 28.5 Å². The monoisotopic (exact) mass is 499 g/mol. The van der Waals surface area contributed by atoms with Crippen LogP contribution in [0.1, 0.15) is 27.2 Å². The van der Waals surface area contributed by atoms with Crippen LogP contribution >= 0.6 is 0 Å². The zero-order valence-electron chi connectivity index (χ0n) is 19.2. The molecule has 2 aromatic heterocycles. The van der Waals surface area contributed by atoms with Crippen LogP contribution in [-0.4, -0.2) is 45.3 Å². The Balaban J connectivity index is 1.56. The molecule has 12 heteroatoms. The molecule has 0 fully saturated rings. The fourth-order valence-corrected chi connectivity index (χ4v) is 3.69. The van der Waals surface area contributed by atoms with Crippen molar-refractivity contribution in [3.63, 3.8) is 0 Å². The minimum atomic E-state index is -4.63. The van der Waals surface area contributed by atoms with Crippen LogP contribution in [0.5, 0.6) is 0 Å². The van der Waals surface area contributed by atoms with E-state index in [9.17, 15) is 22.8 Å². The number of hydrogen-bond donors (Lipinski definition) is 1. The molecule has 4 aromatic rings. The van der Waals surface area contributed by atoms with Crippen molar-refractivity contribution in [2.45, 2.75) is 19.7 Å². The Morgan fingerprint density at radius 1 is 1.14 bits per heavy atom. The molecule has 186 valence electrons. The summed E-state index contributed by atoms with van der Waals surface area (Å²) in [7, 11) is 1.45. The van der Waals surface area contributed by atoms with Gasteiger partial charge in [0, 0.05) is 12.5 Å². The summed E-state index contributed by atoms with van der Waals surface area (Å²) in [5.74, 6) is -1.66. The van der Waals surface area contributed by atoms with Crippen LogP contribution in [0, 0.1) is 6.92 Å². The number of nitrogens with zero attached hydrogens (tertiary/aromatic N) is 4. The van der Waals surface area contributed by atoms with Crippen LogP contribution in [-0.2, 0) is 27.1 Å². The Bertz CT molecular complexity index is 1420. The zero-order chi connectivity index (χ0) is 25.9. The summed E-state index contributed by atoms with van der Waals surface area (Å²) in [6.07, 6.45) is -2.17. The molecule has 0 unspecified atom stereocenters. The smallest absolute Gasteiger partial charge is 0.416 e. The number of carbonyl (C=O) groups excluding carboxylic acids is 2. The lowest BCUT2D eigenvalue weighted by atomic mass is 10.0. The first-order chi connectivity index (χ1) is 17.2. The van der Waals surface area contributed by atoms with Gasteiger partial charge in [-0.25, -0.2) is 19.4 Å². The van der Waals surface area contributed by atoms with E-state index in [1.54, 1.807) is 25.1 Å². The minimum Gasteiger partial charge on any atom is -0.452 e. The number of carbonyl (C=O) groups is 2. The van der Waals surface area contributed by atoms with Gasteiger partial charge in [0.15, 0.2) is 6.61 Å². The van der Waals surface area contributed by atoms with Gasteiger partial charge in [0.05, 0.1) is 40.3 Å². The zero-order valence-corrected chi connectivity index (χ0v) is 19.2. The number of nitrogens with one attached hydrogen (secondary N) is 1. The fourth-order valence-electron chi connectivity index (χ4n) is 3.69. The molecule has 36 heavy (non-hydrogen) atoms. The van der Waals surface area contributed by atoms with Gasteiger partial charge in [-0.2, -0.15) is 18.3 Å². The highest BCUT2D eigenvalue weighted by Crippen LogP contribution is 2.33. The topological polar surface area (TPSA) is 108 Å². The molecule has 0 saturated carbocycles. The van der Waals surface area contributed by atoms with Crippen molar-refractivity contribution in [3.05, 3.63) is 77.5 Å². The second-order valence-corrected chi connectivity index (χ2v) is 7.70. The number of anilines is 1. The third kappa shape index (κ3) is 5.18. The van der Waals surface area contributed by atoms with E-state index in [4.69, 9.17) is 9.47 Å². The number of benzene rings is 2. The first kappa shape index (κ1) is 24.8. The number of aromatic nitrogens is 4. The minimum absolute atomic E-state index is 0.0355. The van der Waals surface area contributed by atoms with E-state index in [0.29, 0.717) is 16.8 Å². The lowest BCUT2D eigenvalue weighted by Gasteiger charge is -2.15. The van der Waals surface area contributed by atoms with Crippen molar-refractivity contribution in [1.82, 2.24) is 19.7 Å². The van der Waals surface area contributed by atoms with Gasteiger partial charge in [-0.3, -0.25) is 4.79 Å². The summed E-state index contributed by atoms with van der Waals surface area (Å²) in [4.78, 5) is 33.7. The number of rotatable bonds is 7. The maximum absolute atomic E-state index is 13.2. The molecule has 4 rings (SSSR count). The van der Waals surface area contributed by atoms with Crippen molar-refractivity contribution < 1.29 is 32.2 Å². The summed E-state index contributed by atoms with van der Waals surface area (Å²) in [6, 6.07) is 10.00. The van der Waals surface area contributed by atoms with Crippen molar-refractivity contribution in [1.29, 1.82) is 0 Å². The largest absolute Gasteiger partial charge is 0.452 e. The Kier molecular flexibility index (Phi) is 6.97. The molecule has 0 aliphatic carbocycles. The molecule has 9 nitrogen and oxygen atoms in total. The van der Waals surface area contributed by atoms with Crippen molar-refractivity contribution in [3.8, 4) is 5.69 Å². The number of esters is 1. The molecule has 0 radical (unpaired) electrons. The van der Waals surface area contributed by atoms with E-state index in [-0.39, 0.29) is 23.5 Å². The van der Waals surface area contributed by atoms with E-state index in [1.807, 2.05) is 6.07 Å². The highest BCUT2D eigenvalue weighted by atomic mass is 19.4. The van der Waals surface area contributed by atoms with Gasteiger partial charge in [-0.1, -0.05) is 18.2 Å². The van der Waals surface area contributed by atoms with E-state index < -0.39 is 30.2 Å². The lowest BCUT2D eigenvalue weighted by Crippen LogP contribution is -2.23. The molecule has 0 aliphatic heterocycles. The average Bonchev–Trinajstić information content (AvgIpc) is 3.37. The third-order valence-corrected chi connectivity index (χ3v) is 5.31. The van der Waals surface area contributed by atoms with Crippen LogP contribution in [0.4, 0.5) is 18.9 Å². The summed E-state index contributed by atoms with van der Waals surface area (Å²) in [6.45, 7) is 1.02. The molecular weight excluding hydrogens is 479 g/mol. The number of aryl methyl sites for hydroxylation is 1. The van der Waals surface area contributed by atoms with Crippen LogP contribution in [0.25, 0.3) is 16.6 Å². The Morgan fingerprint density at radius 3 is 2.61 bits per heavy atom. The Labute approximate surface area is 202 Å². The number of methoxy groups -OCH3 is 1. The molecule has 0 aliphatic rings. The summed E-state index contributed by atoms with van der Waals surface area (Å²) in [5.41, 5.74) is 0.764. The third-order valence-electron chi connectivity index (χ3n) is 5.31. The van der Waals surface area contributed by atoms with E-state index in [0.717, 1.165) is 23.6 Å². The molecule has 1 amide bonds. The molecule has 0 bridgehead atoms. The number of alkyl halides is 3. The molecule has 2 heterocycles. The predicted octanol–water partition coefficient (Wildman–Crippen LogP) is 4.08. The summed E-state index contributed by atoms with van der Waals surface area (Å²) < 4.78 is 51.3. The number of fused-ring (bicyclic) bond motifs is 1. The second-order valence-electron chi connectivity index (χ2n) is 7.70. The van der Waals surface area contributed by atoms with Gasteiger partial charge >= 0.3 is 12.1 Å². The molecular formula is C24H20F3N5O4. The van der Waals surface area contributed by atoms with Gasteiger partial charge in [0.2, 0.25) is 0 Å². The van der Waals surface area contributed by atoms with Gasteiger partial charge in [0.25, 0.3) is 5.91 Å². The van der Waals surface area contributed by atoms with E-state index in [1.165, 1.54) is 24.4 Å². The van der Waals surface area contributed by atoms with E-state index in [2.05, 4.69) is 20.4 Å². The molecule has 0 spiro atoms. The first-order valence-corrected chi connectivity index (χ1v) is 10.6. The normalized spacial score (nSPS) is 11.5. The van der Waals surface area contributed by atoms with Gasteiger partial charge in [-0.15, -0.1) is 0 Å². The number of ether oxygens (including phenoxy) is 2. The Hall–Kier alpha value is -4.32. The van der Waals surface area contributed by atoms with Gasteiger partial charge < -0.3 is 14.8 Å². The maximum atomic E-state index is 13.2.